The molecule has 0 aliphatic carbocycles. The molecule has 0 radical (unpaired) electrons. The van der Waals surface area contributed by atoms with Gasteiger partial charge in [-0.05, 0) is 46.2 Å². The third kappa shape index (κ3) is 5.05. The molecule has 1 aromatic carbocycles. The summed E-state index contributed by atoms with van der Waals surface area (Å²) >= 11 is 0. The minimum atomic E-state index is -0.613. The van der Waals surface area contributed by atoms with Gasteiger partial charge in [-0.25, -0.2) is 4.79 Å². The standard InChI is InChI=1S/C26H34N4O5/c1-5-34-26(33)22-23(28-11-13-29(14-12-28)24(31)21-7-6-16-35-21)19-17-18(2)8-9-20(19)30(25(22)32)15-10-27(3)4/h7-9,17H,5-6,10-16H2,1-4H3. The Balaban J connectivity index is 1.77. The number of benzene rings is 1. The average Bonchev–Trinajstić information content (AvgIpc) is 3.37. The Hall–Kier alpha value is -3.33. The van der Waals surface area contributed by atoms with E-state index < -0.39 is 5.97 Å². The van der Waals surface area contributed by atoms with E-state index in [1.165, 1.54) is 0 Å². The van der Waals surface area contributed by atoms with Crippen molar-refractivity contribution in [1.82, 2.24) is 14.4 Å². The van der Waals surface area contributed by atoms with E-state index in [0.717, 1.165) is 22.9 Å². The van der Waals surface area contributed by atoms with Crippen LogP contribution in [0.5, 0.6) is 0 Å². The van der Waals surface area contributed by atoms with E-state index in [2.05, 4.69) is 0 Å². The third-order valence-corrected chi connectivity index (χ3v) is 6.44. The number of hydrogen-bond acceptors (Lipinski definition) is 7. The van der Waals surface area contributed by atoms with Crippen molar-refractivity contribution in [1.29, 1.82) is 0 Å². The number of hydrogen-bond donors (Lipinski definition) is 0. The van der Waals surface area contributed by atoms with E-state index in [1.54, 1.807) is 16.4 Å². The molecule has 9 heteroatoms. The Morgan fingerprint density at radius 2 is 1.89 bits per heavy atom. The Morgan fingerprint density at radius 1 is 1.14 bits per heavy atom. The molecule has 188 valence electrons. The molecule has 3 heterocycles. The first-order valence-electron chi connectivity index (χ1n) is 12.2. The highest BCUT2D eigenvalue weighted by Gasteiger charge is 2.31. The number of aromatic nitrogens is 1. The maximum atomic E-state index is 13.7. The molecular weight excluding hydrogens is 448 g/mol. The van der Waals surface area contributed by atoms with Gasteiger partial charge in [0, 0.05) is 51.1 Å². The molecule has 0 bridgehead atoms. The van der Waals surface area contributed by atoms with Gasteiger partial charge in [-0.2, -0.15) is 0 Å². The van der Waals surface area contributed by atoms with Crippen molar-refractivity contribution in [3.05, 3.63) is 51.5 Å². The van der Waals surface area contributed by atoms with Crippen LogP contribution >= 0.6 is 0 Å². The lowest BCUT2D eigenvalue weighted by Gasteiger charge is -2.37. The van der Waals surface area contributed by atoms with Gasteiger partial charge in [-0.15, -0.1) is 0 Å². The van der Waals surface area contributed by atoms with Gasteiger partial charge in [-0.3, -0.25) is 9.59 Å². The molecule has 1 amide bonds. The van der Waals surface area contributed by atoms with Crippen LogP contribution in [0, 0.1) is 6.92 Å². The molecule has 0 spiro atoms. The summed E-state index contributed by atoms with van der Waals surface area (Å²) in [6.45, 7) is 7.49. The molecule has 4 rings (SSSR count). The molecular formula is C26H34N4O5. The van der Waals surface area contributed by atoms with Gasteiger partial charge in [-0.1, -0.05) is 11.6 Å². The van der Waals surface area contributed by atoms with Crippen molar-refractivity contribution in [2.75, 3.05) is 64.9 Å². The average molecular weight is 483 g/mol. The van der Waals surface area contributed by atoms with Crippen LogP contribution in [0.3, 0.4) is 0 Å². The molecule has 2 aliphatic rings. The number of pyridine rings is 1. The molecule has 0 unspecified atom stereocenters. The van der Waals surface area contributed by atoms with Gasteiger partial charge >= 0.3 is 5.97 Å². The van der Waals surface area contributed by atoms with Crippen LogP contribution in [0.4, 0.5) is 5.69 Å². The fourth-order valence-electron chi connectivity index (χ4n) is 4.65. The van der Waals surface area contributed by atoms with E-state index >= 15 is 0 Å². The number of ether oxygens (including phenoxy) is 2. The summed E-state index contributed by atoms with van der Waals surface area (Å²) in [5.74, 6) is -0.305. The van der Waals surface area contributed by atoms with Crippen LogP contribution in [0.1, 0.15) is 29.3 Å². The number of carbonyl (C=O) groups excluding carboxylic acids is 2. The largest absolute Gasteiger partial charge is 0.488 e. The number of anilines is 1. The Labute approximate surface area is 205 Å². The van der Waals surface area contributed by atoms with Crippen molar-refractivity contribution in [2.24, 2.45) is 0 Å². The highest BCUT2D eigenvalue weighted by atomic mass is 16.5. The Kier molecular flexibility index (Phi) is 7.45. The highest BCUT2D eigenvalue weighted by Crippen LogP contribution is 2.31. The summed E-state index contributed by atoms with van der Waals surface area (Å²) in [5.41, 5.74) is 2.13. The topological polar surface area (TPSA) is 84.3 Å². The zero-order chi connectivity index (χ0) is 25.1. The molecule has 1 fully saturated rings. The van der Waals surface area contributed by atoms with Gasteiger partial charge in [0.25, 0.3) is 11.5 Å². The van der Waals surface area contributed by atoms with Gasteiger partial charge in [0.2, 0.25) is 0 Å². The van der Waals surface area contributed by atoms with Crippen LogP contribution in [0.2, 0.25) is 0 Å². The number of amides is 1. The lowest BCUT2D eigenvalue weighted by molar-refractivity contribution is -0.130. The van der Waals surface area contributed by atoms with Crippen LogP contribution in [-0.2, 0) is 20.8 Å². The second-order valence-electron chi connectivity index (χ2n) is 9.21. The number of fused-ring (bicyclic) bond motifs is 1. The van der Waals surface area contributed by atoms with Crippen molar-refractivity contribution in [2.45, 2.75) is 26.8 Å². The highest BCUT2D eigenvalue weighted by molar-refractivity contribution is 6.05. The summed E-state index contributed by atoms with van der Waals surface area (Å²) in [7, 11) is 3.90. The molecule has 0 saturated carbocycles. The predicted molar refractivity (Wildman–Crippen MR) is 135 cm³/mol. The number of piperazine rings is 1. The molecule has 9 nitrogen and oxygen atoms in total. The van der Waals surface area contributed by atoms with Crippen molar-refractivity contribution in [3.63, 3.8) is 0 Å². The van der Waals surface area contributed by atoms with Crippen LogP contribution in [0.25, 0.3) is 10.9 Å². The number of rotatable bonds is 7. The molecule has 1 saturated heterocycles. The summed E-state index contributed by atoms with van der Waals surface area (Å²) < 4.78 is 12.5. The first-order chi connectivity index (χ1) is 16.8. The van der Waals surface area contributed by atoms with Gasteiger partial charge in [0.05, 0.1) is 24.4 Å². The molecule has 2 aromatic rings. The second-order valence-corrected chi connectivity index (χ2v) is 9.21. The number of aryl methyl sites for hydroxylation is 1. The summed E-state index contributed by atoms with van der Waals surface area (Å²) in [5, 5.41) is 0.841. The molecule has 1 aromatic heterocycles. The third-order valence-electron chi connectivity index (χ3n) is 6.44. The van der Waals surface area contributed by atoms with Crippen molar-refractivity contribution >= 4 is 28.5 Å². The monoisotopic (exact) mass is 482 g/mol. The molecule has 35 heavy (non-hydrogen) atoms. The minimum absolute atomic E-state index is 0.0605. The van der Waals surface area contributed by atoms with Crippen molar-refractivity contribution < 1.29 is 19.1 Å². The maximum Gasteiger partial charge on any atom is 0.345 e. The Morgan fingerprint density at radius 3 is 2.51 bits per heavy atom. The van der Waals surface area contributed by atoms with Gasteiger partial charge < -0.3 is 28.7 Å². The quantitative estimate of drug-likeness (QED) is 0.558. The van der Waals surface area contributed by atoms with E-state index in [9.17, 15) is 14.4 Å². The smallest absolute Gasteiger partial charge is 0.345 e. The minimum Gasteiger partial charge on any atom is -0.488 e. The van der Waals surface area contributed by atoms with E-state index in [4.69, 9.17) is 9.47 Å². The van der Waals surface area contributed by atoms with Gasteiger partial charge in [0.15, 0.2) is 5.76 Å². The van der Waals surface area contributed by atoms with Crippen LogP contribution in [0.15, 0.2) is 34.8 Å². The van der Waals surface area contributed by atoms with Crippen LogP contribution < -0.4 is 10.5 Å². The Bertz CT molecular complexity index is 1210. The fraction of sp³-hybridized carbons (Fsp3) is 0.500. The lowest BCUT2D eigenvalue weighted by Crippen LogP contribution is -2.50. The number of esters is 1. The summed E-state index contributed by atoms with van der Waals surface area (Å²) in [4.78, 5) is 45.5. The van der Waals surface area contributed by atoms with E-state index in [0.29, 0.717) is 57.3 Å². The fourth-order valence-corrected chi connectivity index (χ4v) is 4.65. The van der Waals surface area contributed by atoms with Gasteiger partial charge in [0.1, 0.15) is 5.56 Å². The normalized spacial score (nSPS) is 16.0. The lowest BCUT2D eigenvalue weighted by atomic mass is 10.0. The van der Waals surface area contributed by atoms with E-state index in [1.807, 2.05) is 55.1 Å². The first-order valence-corrected chi connectivity index (χ1v) is 12.2. The zero-order valence-electron chi connectivity index (χ0n) is 21.0. The zero-order valence-corrected chi connectivity index (χ0v) is 21.0. The first kappa shape index (κ1) is 24.8. The summed E-state index contributed by atoms with van der Waals surface area (Å²) in [6.07, 6.45) is 2.58. The SMILES string of the molecule is CCOC(=O)c1c(N2CCN(C(=O)C3=CCCO3)CC2)c2cc(C)ccc2n(CCN(C)C)c1=O. The van der Waals surface area contributed by atoms with Crippen molar-refractivity contribution in [3.8, 4) is 0 Å². The maximum absolute atomic E-state index is 13.7. The number of carbonyl (C=O) groups is 2. The second kappa shape index (κ2) is 10.5. The molecule has 0 atom stereocenters. The number of likely N-dealkylation sites (N-methyl/N-ethyl adjacent to an activating group) is 1. The van der Waals surface area contributed by atoms with Crippen LogP contribution in [-0.4, -0.2) is 86.3 Å². The number of nitrogens with zero attached hydrogens (tertiary/aromatic N) is 4. The van der Waals surface area contributed by atoms with E-state index in [-0.39, 0.29) is 23.6 Å². The predicted octanol–water partition coefficient (Wildman–Crippen LogP) is 2.00. The molecule has 0 N–H and O–H groups in total. The summed E-state index contributed by atoms with van der Waals surface area (Å²) in [6, 6.07) is 5.95. The molecule has 2 aliphatic heterocycles.